The van der Waals surface area contributed by atoms with Gasteiger partial charge in [-0.05, 0) is 41.5 Å². The SMILES string of the molecule is CC(C)(C)OC(=O)NC1(c2ccccc2)CC(c2cccc([N+](=O)[O-])c2)=NN1C(=O)OC(C)(C)C. The van der Waals surface area contributed by atoms with Gasteiger partial charge in [-0.15, -0.1) is 0 Å². The van der Waals surface area contributed by atoms with Crippen LogP contribution in [0.2, 0.25) is 0 Å². The van der Waals surface area contributed by atoms with Crippen LogP contribution >= 0.6 is 0 Å². The Kier molecular flexibility index (Phi) is 6.86. The van der Waals surface area contributed by atoms with E-state index in [9.17, 15) is 19.7 Å². The molecular weight excluding hydrogens is 452 g/mol. The average Bonchev–Trinajstić information content (AvgIpc) is 3.12. The van der Waals surface area contributed by atoms with Crippen molar-refractivity contribution in [3.8, 4) is 0 Å². The summed E-state index contributed by atoms with van der Waals surface area (Å²) in [7, 11) is 0. The first-order valence-electron chi connectivity index (χ1n) is 11.1. The van der Waals surface area contributed by atoms with Crippen LogP contribution in [0.1, 0.15) is 59.1 Å². The highest BCUT2D eigenvalue weighted by molar-refractivity contribution is 6.04. The lowest BCUT2D eigenvalue weighted by molar-refractivity contribution is -0.384. The molecule has 1 aliphatic heterocycles. The molecule has 0 spiro atoms. The number of nitrogens with one attached hydrogen (secondary N) is 1. The van der Waals surface area contributed by atoms with Gasteiger partial charge in [0.15, 0.2) is 5.66 Å². The fraction of sp³-hybridized carbons (Fsp3) is 0.400. The second kappa shape index (κ2) is 9.36. The Hall–Kier alpha value is -3.95. The number of nitro benzene ring substituents is 1. The molecule has 0 fully saturated rings. The van der Waals surface area contributed by atoms with Crippen molar-refractivity contribution in [1.82, 2.24) is 10.3 Å². The maximum atomic E-state index is 13.4. The molecule has 0 radical (unpaired) electrons. The van der Waals surface area contributed by atoms with E-state index in [4.69, 9.17) is 9.47 Å². The third-order valence-electron chi connectivity index (χ3n) is 4.92. The smallest absolute Gasteiger partial charge is 0.433 e. The van der Waals surface area contributed by atoms with Crippen LogP contribution in [0.15, 0.2) is 59.7 Å². The molecule has 1 atom stereocenters. The fourth-order valence-electron chi connectivity index (χ4n) is 3.60. The van der Waals surface area contributed by atoms with E-state index in [2.05, 4.69) is 10.4 Å². The molecule has 186 valence electrons. The molecule has 0 aromatic heterocycles. The van der Waals surface area contributed by atoms with Gasteiger partial charge in [-0.3, -0.25) is 15.4 Å². The molecule has 1 heterocycles. The quantitative estimate of drug-likeness (QED) is 0.465. The number of benzene rings is 2. The summed E-state index contributed by atoms with van der Waals surface area (Å²) < 4.78 is 11.1. The second-order valence-corrected chi connectivity index (χ2v) is 10.2. The highest BCUT2D eigenvalue weighted by Crippen LogP contribution is 2.39. The lowest BCUT2D eigenvalue weighted by atomic mass is 9.91. The van der Waals surface area contributed by atoms with Crippen molar-refractivity contribution in [3.63, 3.8) is 0 Å². The summed E-state index contributed by atoms with van der Waals surface area (Å²) in [6.45, 7) is 10.3. The minimum Gasteiger partial charge on any atom is -0.444 e. The molecule has 2 aromatic rings. The number of non-ortho nitro benzene ring substituents is 1. The lowest BCUT2D eigenvalue weighted by Crippen LogP contribution is -2.57. The number of hydrazone groups is 1. The Morgan fingerprint density at radius 3 is 2.20 bits per heavy atom. The van der Waals surface area contributed by atoms with Crippen molar-refractivity contribution in [2.24, 2.45) is 5.10 Å². The summed E-state index contributed by atoms with van der Waals surface area (Å²) in [5, 5.41) is 19.7. The van der Waals surface area contributed by atoms with E-state index in [-0.39, 0.29) is 12.1 Å². The summed E-state index contributed by atoms with van der Waals surface area (Å²) in [6, 6.07) is 14.8. The molecule has 0 saturated heterocycles. The number of amides is 2. The van der Waals surface area contributed by atoms with Crippen LogP contribution in [-0.2, 0) is 15.1 Å². The summed E-state index contributed by atoms with van der Waals surface area (Å²) in [5.74, 6) is 0. The molecule has 35 heavy (non-hydrogen) atoms. The van der Waals surface area contributed by atoms with E-state index in [1.807, 2.05) is 0 Å². The molecule has 1 unspecified atom stereocenters. The maximum Gasteiger partial charge on any atom is 0.433 e. The number of carbonyl (C=O) groups excluding carboxylic acids is 2. The second-order valence-electron chi connectivity index (χ2n) is 10.2. The molecule has 0 bridgehead atoms. The zero-order valence-electron chi connectivity index (χ0n) is 20.7. The van der Waals surface area contributed by atoms with Gasteiger partial charge in [0.1, 0.15) is 11.2 Å². The van der Waals surface area contributed by atoms with Crippen molar-refractivity contribution in [2.75, 3.05) is 0 Å². The number of rotatable bonds is 4. The predicted octanol–water partition coefficient (Wildman–Crippen LogP) is 5.32. The summed E-state index contributed by atoms with van der Waals surface area (Å²) in [4.78, 5) is 37.2. The standard InChI is InChI=1S/C25H30N4O6/c1-23(2,3)34-21(30)26-25(18-12-8-7-9-13-18)16-20(17-11-10-14-19(15-17)29(32)33)27-28(25)22(31)35-24(4,5)6/h7-15H,16H2,1-6H3,(H,26,30). The maximum absolute atomic E-state index is 13.4. The molecule has 3 rings (SSSR count). The predicted molar refractivity (Wildman–Crippen MR) is 130 cm³/mol. The van der Waals surface area contributed by atoms with Crippen LogP contribution in [0.25, 0.3) is 0 Å². The van der Waals surface area contributed by atoms with Crippen LogP contribution in [-0.4, -0.2) is 39.0 Å². The highest BCUT2D eigenvalue weighted by Gasteiger charge is 2.51. The van der Waals surface area contributed by atoms with Gasteiger partial charge in [0.05, 0.1) is 10.6 Å². The molecule has 10 heteroatoms. The third-order valence-corrected chi connectivity index (χ3v) is 4.92. The lowest BCUT2D eigenvalue weighted by Gasteiger charge is -2.38. The van der Waals surface area contributed by atoms with E-state index in [0.717, 1.165) is 5.01 Å². The first-order chi connectivity index (χ1) is 16.2. The fourth-order valence-corrected chi connectivity index (χ4v) is 3.60. The van der Waals surface area contributed by atoms with Crippen molar-refractivity contribution in [1.29, 1.82) is 0 Å². The molecule has 0 aliphatic carbocycles. The monoisotopic (exact) mass is 482 g/mol. The average molecular weight is 483 g/mol. The Morgan fingerprint density at radius 1 is 1.00 bits per heavy atom. The van der Waals surface area contributed by atoms with Crippen LogP contribution in [0.3, 0.4) is 0 Å². The zero-order chi connectivity index (χ0) is 26.0. The summed E-state index contributed by atoms with van der Waals surface area (Å²) >= 11 is 0. The molecule has 1 N–H and O–H groups in total. The Labute approximate surface area is 204 Å². The topological polar surface area (TPSA) is 123 Å². The molecule has 2 amide bonds. The van der Waals surface area contributed by atoms with Crippen LogP contribution in [0, 0.1) is 10.1 Å². The first kappa shape index (κ1) is 25.7. The summed E-state index contributed by atoms with van der Waals surface area (Å²) in [6.07, 6.45) is -1.53. The summed E-state index contributed by atoms with van der Waals surface area (Å²) in [5.41, 5.74) is -1.88. The van der Waals surface area contributed by atoms with Crippen molar-refractivity contribution >= 4 is 23.6 Å². The molecule has 0 saturated carbocycles. The molecule has 10 nitrogen and oxygen atoms in total. The van der Waals surface area contributed by atoms with Gasteiger partial charge in [0.2, 0.25) is 0 Å². The van der Waals surface area contributed by atoms with Gasteiger partial charge in [0.25, 0.3) is 5.69 Å². The number of hydrogen-bond acceptors (Lipinski definition) is 7. The van der Waals surface area contributed by atoms with Gasteiger partial charge < -0.3 is 9.47 Å². The van der Waals surface area contributed by atoms with Gasteiger partial charge in [0, 0.05) is 29.7 Å². The Bertz CT molecular complexity index is 1150. The van der Waals surface area contributed by atoms with E-state index >= 15 is 0 Å². The van der Waals surface area contributed by atoms with Crippen LogP contribution in [0.5, 0.6) is 0 Å². The molecular formula is C25H30N4O6. The number of alkyl carbamates (subject to hydrolysis) is 1. The van der Waals surface area contributed by atoms with Gasteiger partial charge in [-0.1, -0.05) is 42.5 Å². The van der Waals surface area contributed by atoms with E-state index in [1.54, 1.807) is 77.9 Å². The van der Waals surface area contributed by atoms with E-state index < -0.39 is 34.0 Å². The number of nitro groups is 1. The van der Waals surface area contributed by atoms with Crippen LogP contribution in [0.4, 0.5) is 15.3 Å². The van der Waals surface area contributed by atoms with Crippen molar-refractivity contribution in [2.45, 2.75) is 64.8 Å². The third kappa shape index (κ3) is 6.14. The molecule has 2 aromatic carbocycles. The minimum atomic E-state index is -1.49. The highest BCUT2D eigenvalue weighted by atomic mass is 16.6. The number of nitrogens with zero attached hydrogens (tertiary/aromatic N) is 3. The normalized spacial score (nSPS) is 18.0. The van der Waals surface area contributed by atoms with Gasteiger partial charge in [-0.25, -0.2) is 9.59 Å². The van der Waals surface area contributed by atoms with Gasteiger partial charge in [-0.2, -0.15) is 10.1 Å². The number of hydrogen-bond donors (Lipinski definition) is 1. The zero-order valence-corrected chi connectivity index (χ0v) is 20.7. The van der Waals surface area contributed by atoms with E-state index in [1.165, 1.54) is 18.2 Å². The Balaban J connectivity index is 2.15. The van der Waals surface area contributed by atoms with Crippen LogP contribution < -0.4 is 5.32 Å². The number of ether oxygens (including phenoxy) is 2. The minimum absolute atomic E-state index is 0.0245. The van der Waals surface area contributed by atoms with E-state index in [0.29, 0.717) is 16.8 Å². The number of carbonyl (C=O) groups is 2. The molecule has 1 aliphatic rings. The largest absolute Gasteiger partial charge is 0.444 e. The van der Waals surface area contributed by atoms with Crippen molar-refractivity contribution in [3.05, 3.63) is 75.8 Å². The van der Waals surface area contributed by atoms with Gasteiger partial charge >= 0.3 is 12.2 Å². The van der Waals surface area contributed by atoms with Crippen molar-refractivity contribution < 1.29 is 24.0 Å². The first-order valence-corrected chi connectivity index (χ1v) is 11.1. The Morgan fingerprint density at radius 2 is 1.63 bits per heavy atom.